The Bertz CT molecular complexity index is 586. The summed E-state index contributed by atoms with van der Waals surface area (Å²) in [7, 11) is 0. The van der Waals surface area contributed by atoms with Crippen LogP contribution in [0.25, 0.3) is 0 Å². The minimum absolute atomic E-state index is 0.273. The largest absolute Gasteiger partial charge is 0.494 e. The van der Waals surface area contributed by atoms with E-state index in [1.807, 2.05) is 37.3 Å². The van der Waals surface area contributed by atoms with Gasteiger partial charge in [-0.25, -0.2) is 0 Å². The van der Waals surface area contributed by atoms with Crippen LogP contribution in [0, 0.1) is 0 Å². The highest BCUT2D eigenvalue weighted by Crippen LogP contribution is 2.24. The first kappa shape index (κ1) is 16.3. The number of nitrogens with one attached hydrogen (secondary N) is 1. The normalized spacial score (nSPS) is 12.2. The van der Waals surface area contributed by atoms with Crippen LogP contribution in [0.5, 0.6) is 5.75 Å². The van der Waals surface area contributed by atoms with Crippen molar-refractivity contribution in [2.24, 2.45) is 0 Å². The number of hydrogen-bond donors (Lipinski definition) is 1. The molecule has 0 bridgehead atoms. The zero-order valence-electron chi connectivity index (χ0n) is 12.2. The molecule has 1 N–H and O–H groups in total. The lowest BCUT2D eigenvalue weighted by Gasteiger charge is -2.15. The molecule has 0 amide bonds. The smallest absolute Gasteiger partial charge is 0.119 e. The SMILES string of the molecule is CCOc1ccc(C(C)NCc2ccc(Cl)c(Br)c2)cc1. The summed E-state index contributed by atoms with van der Waals surface area (Å²) >= 11 is 9.45. The van der Waals surface area contributed by atoms with Gasteiger partial charge in [0.25, 0.3) is 0 Å². The number of halogens is 2. The fourth-order valence-electron chi connectivity index (χ4n) is 2.06. The molecule has 112 valence electrons. The molecule has 21 heavy (non-hydrogen) atoms. The average Bonchev–Trinajstić information content (AvgIpc) is 2.49. The van der Waals surface area contributed by atoms with Crippen molar-refractivity contribution in [2.75, 3.05) is 6.61 Å². The van der Waals surface area contributed by atoms with Crippen LogP contribution in [-0.4, -0.2) is 6.61 Å². The number of benzene rings is 2. The molecule has 0 heterocycles. The van der Waals surface area contributed by atoms with Crippen molar-refractivity contribution in [3.8, 4) is 5.75 Å². The van der Waals surface area contributed by atoms with Crippen molar-refractivity contribution in [2.45, 2.75) is 26.4 Å². The van der Waals surface area contributed by atoms with Crippen molar-refractivity contribution >= 4 is 27.5 Å². The summed E-state index contributed by atoms with van der Waals surface area (Å²) in [5.41, 5.74) is 2.44. The molecule has 0 aliphatic rings. The van der Waals surface area contributed by atoms with Gasteiger partial charge in [0.1, 0.15) is 5.75 Å². The first-order chi connectivity index (χ1) is 10.1. The lowest BCUT2D eigenvalue weighted by atomic mass is 10.1. The van der Waals surface area contributed by atoms with E-state index in [9.17, 15) is 0 Å². The Morgan fingerprint density at radius 3 is 2.52 bits per heavy atom. The maximum absolute atomic E-state index is 6.00. The summed E-state index contributed by atoms with van der Waals surface area (Å²) in [6.45, 7) is 5.63. The molecule has 2 aromatic rings. The van der Waals surface area contributed by atoms with Gasteiger partial charge in [0.2, 0.25) is 0 Å². The topological polar surface area (TPSA) is 21.3 Å². The third-order valence-corrected chi connectivity index (χ3v) is 4.50. The summed E-state index contributed by atoms with van der Waals surface area (Å²) in [5, 5.41) is 4.24. The zero-order valence-corrected chi connectivity index (χ0v) is 14.5. The van der Waals surface area contributed by atoms with Crippen LogP contribution < -0.4 is 10.1 Å². The molecule has 0 saturated heterocycles. The van der Waals surface area contributed by atoms with Gasteiger partial charge in [-0.15, -0.1) is 0 Å². The predicted octanol–water partition coefficient (Wildman–Crippen LogP) is 5.35. The minimum atomic E-state index is 0.273. The third kappa shape index (κ3) is 4.73. The Labute approximate surface area is 139 Å². The van der Waals surface area contributed by atoms with Crippen molar-refractivity contribution in [1.29, 1.82) is 0 Å². The van der Waals surface area contributed by atoms with E-state index in [4.69, 9.17) is 16.3 Å². The molecule has 0 aliphatic heterocycles. The van der Waals surface area contributed by atoms with E-state index in [-0.39, 0.29) is 6.04 Å². The molecule has 0 fully saturated rings. The van der Waals surface area contributed by atoms with Gasteiger partial charge in [0.15, 0.2) is 0 Å². The summed E-state index contributed by atoms with van der Waals surface area (Å²) < 4.78 is 6.38. The Morgan fingerprint density at radius 1 is 1.19 bits per heavy atom. The third-order valence-electron chi connectivity index (χ3n) is 3.29. The summed E-state index contributed by atoms with van der Waals surface area (Å²) in [5.74, 6) is 0.912. The Morgan fingerprint density at radius 2 is 1.90 bits per heavy atom. The van der Waals surface area contributed by atoms with Gasteiger partial charge in [-0.1, -0.05) is 29.8 Å². The van der Waals surface area contributed by atoms with Crippen LogP contribution in [0.3, 0.4) is 0 Å². The minimum Gasteiger partial charge on any atom is -0.494 e. The standard InChI is InChI=1S/C17H19BrClNO/c1-3-21-15-7-5-14(6-8-15)12(2)20-11-13-4-9-17(19)16(18)10-13/h4-10,12,20H,3,11H2,1-2H3. The predicted molar refractivity (Wildman–Crippen MR) is 92.0 cm³/mol. The van der Waals surface area contributed by atoms with Crippen molar-refractivity contribution in [3.63, 3.8) is 0 Å². The van der Waals surface area contributed by atoms with Gasteiger partial charge in [-0.05, 0) is 65.2 Å². The first-order valence-electron chi connectivity index (χ1n) is 7.00. The van der Waals surface area contributed by atoms with Crippen LogP contribution >= 0.6 is 27.5 Å². The van der Waals surface area contributed by atoms with E-state index in [0.717, 1.165) is 21.8 Å². The fourth-order valence-corrected chi connectivity index (χ4v) is 2.60. The van der Waals surface area contributed by atoms with Gasteiger partial charge < -0.3 is 10.1 Å². The molecule has 0 radical (unpaired) electrons. The van der Waals surface area contributed by atoms with E-state index < -0.39 is 0 Å². The lowest BCUT2D eigenvalue weighted by Crippen LogP contribution is -2.18. The molecular formula is C17H19BrClNO. The molecule has 0 saturated carbocycles. The number of ether oxygens (including phenoxy) is 1. The number of rotatable bonds is 6. The van der Waals surface area contributed by atoms with E-state index in [1.54, 1.807) is 0 Å². The Balaban J connectivity index is 1.94. The van der Waals surface area contributed by atoms with Crippen LogP contribution in [0.2, 0.25) is 5.02 Å². The molecule has 4 heteroatoms. The van der Waals surface area contributed by atoms with E-state index in [2.05, 4.69) is 40.3 Å². The second-order valence-electron chi connectivity index (χ2n) is 4.85. The Kier molecular flexibility index (Phi) is 6.09. The summed E-state index contributed by atoms with van der Waals surface area (Å²) in [6, 6.07) is 14.5. The Hall–Kier alpha value is -1.03. The molecule has 1 atom stereocenters. The van der Waals surface area contributed by atoms with E-state index in [0.29, 0.717) is 6.61 Å². The molecule has 0 aliphatic carbocycles. The number of hydrogen-bond acceptors (Lipinski definition) is 2. The lowest BCUT2D eigenvalue weighted by molar-refractivity contribution is 0.340. The van der Waals surface area contributed by atoms with E-state index in [1.165, 1.54) is 11.1 Å². The van der Waals surface area contributed by atoms with Gasteiger partial charge >= 0.3 is 0 Å². The molecule has 2 nitrogen and oxygen atoms in total. The van der Waals surface area contributed by atoms with Crippen LogP contribution in [0.15, 0.2) is 46.9 Å². The highest BCUT2D eigenvalue weighted by molar-refractivity contribution is 9.10. The van der Waals surface area contributed by atoms with Gasteiger partial charge in [-0.2, -0.15) is 0 Å². The maximum atomic E-state index is 6.00. The van der Waals surface area contributed by atoms with Crippen molar-refractivity contribution in [1.82, 2.24) is 5.32 Å². The molecule has 1 unspecified atom stereocenters. The first-order valence-corrected chi connectivity index (χ1v) is 8.17. The molecular weight excluding hydrogens is 350 g/mol. The van der Waals surface area contributed by atoms with Crippen LogP contribution in [0.1, 0.15) is 31.0 Å². The molecule has 0 spiro atoms. The summed E-state index contributed by atoms with van der Waals surface area (Å²) in [6.07, 6.45) is 0. The van der Waals surface area contributed by atoms with Crippen molar-refractivity contribution in [3.05, 3.63) is 63.1 Å². The maximum Gasteiger partial charge on any atom is 0.119 e. The highest BCUT2D eigenvalue weighted by atomic mass is 79.9. The quantitative estimate of drug-likeness (QED) is 0.742. The molecule has 2 rings (SSSR count). The second kappa shape index (κ2) is 7.83. The van der Waals surface area contributed by atoms with E-state index >= 15 is 0 Å². The highest BCUT2D eigenvalue weighted by Gasteiger charge is 2.06. The summed E-state index contributed by atoms with van der Waals surface area (Å²) in [4.78, 5) is 0. The van der Waals surface area contributed by atoms with Gasteiger partial charge in [0.05, 0.1) is 11.6 Å². The molecule has 2 aromatic carbocycles. The van der Waals surface area contributed by atoms with Crippen LogP contribution in [-0.2, 0) is 6.54 Å². The molecule has 0 aromatic heterocycles. The second-order valence-corrected chi connectivity index (χ2v) is 6.11. The monoisotopic (exact) mass is 367 g/mol. The average molecular weight is 369 g/mol. The zero-order chi connectivity index (χ0) is 15.2. The van der Waals surface area contributed by atoms with Crippen molar-refractivity contribution < 1.29 is 4.74 Å². The van der Waals surface area contributed by atoms with Gasteiger partial charge in [0, 0.05) is 17.1 Å². The van der Waals surface area contributed by atoms with Gasteiger partial charge in [-0.3, -0.25) is 0 Å². The van der Waals surface area contributed by atoms with Crippen LogP contribution in [0.4, 0.5) is 0 Å². The fraction of sp³-hybridized carbons (Fsp3) is 0.294.